The minimum Gasteiger partial charge on any atom is -0.308 e. The van der Waals surface area contributed by atoms with Gasteiger partial charge in [0.2, 0.25) is 0 Å². The number of rotatable bonds is 4. The van der Waals surface area contributed by atoms with Crippen molar-refractivity contribution in [3.63, 3.8) is 0 Å². The second-order valence-electron chi connectivity index (χ2n) is 10.5. The van der Waals surface area contributed by atoms with Gasteiger partial charge in [0.25, 0.3) is 11.8 Å². The number of aromatic nitrogens is 1. The Morgan fingerprint density at radius 3 is 1.79 bits per heavy atom. The highest BCUT2D eigenvalue weighted by Gasteiger charge is 2.39. The van der Waals surface area contributed by atoms with Gasteiger partial charge in [-0.15, -0.1) is 0 Å². The largest absolute Gasteiger partial charge is 0.308 e. The lowest BCUT2D eigenvalue weighted by molar-refractivity contribution is 0.0926. The second kappa shape index (κ2) is 9.43. The molecule has 8 rings (SSSR count). The average Bonchev–Trinajstić information content (AvgIpc) is 3.53. The molecule has 0 atom stereocenters. The van der Waals surface area contributed by atoms with Gasteiger partial charge >= 0.3 is 0 Å². The highest BCUT2D eigenvalue weighted by molar-refractivity contribution is 6.36. The van der Waals surface area contributed by atoms with E-state index < -0.39 is 0 Å². The van der Waals surface area contributed by atoms with Crippen molar-refractivity contribution in [3.05, 3.63) is 157 Å². The van der Waals surface area contributed by atoms with Crippen LogP contribution in [0.2, 0.25) is 0 Å². The number of hydrogen-bond donors (Lipinski definition) is 0. The molecule has 42 heavy (non-hydrogen) atoms. The van der Waals surface area contributed by atoms with E-state index in [1.807, 2.05) is 97.1 Å². The van der Waals surface area contributed by atoms with Crippen molar-refractivity contribution in [1.29, 1.82) is 0 Å². The minimum atomic E-state index is -0.318. The van der Waals surface area contributed by atoms with E-state index in [9.17, 15) is 9.59 Å². The minimum absolute atomic E-state index is 0.312. The molecule has 0 bridgehead atoms. The Bertz CT molecular complexity index is 2160. The first-order valence-electron chi connectivity index (χ1n) is 14.0. The van der Waals surface area contributed by atoms with Crippen LogP contribution in [0.5, 0.6) is 0 Å². The third kappa shape index (κ3) is 3.55. The number of hydrogen-bond acceptors (Lipinski definition) is 2. The van der Waals surface area contributed by atoms with E-state index in [1.54, 1.807) is 6.07 Å². The van der Waals surface area contributed by atoms with E-state index in [4.69, 9.17) is 0 Å². The topological polar surface area (TPSA) is 42.3 Å². The average molecular weight is 541 g/mol. The number of carbonyl (C=O) groups is 2. The zero-order valence-electron chi connectivity index (χ0n) is 22.6. The van der Waals surface area contributed by atoms with Gasteiger partial charge in [-0.1, -0.05) is 115 Å². The lowest BCUT2D eigenvalue weighted by atomic mass is 10.0. The molecule has 0 spiro atoms. The van der Waals surface area contributed by atoms with Crippen LogP contribution in [0.3, 0.4) is 0 Å². The standard InChI is InChI=1S/C38H24N2O2/c41-37-32-18-10-20-34(35(32)38(42)39(37)28-23-21-26(22-24-28)25-11-3-1-4-12-25)40-33-19-8-7-15-30(33)31-17-9-16-29(36(31)40)27-13-5-2-6-14-27/h1-24H. The first kappa shape index (κ1) is 24.1. The van der Waals surface area contributed by atoms with Crippen LogP contribution in [0.1, 0.15) is 20.7 Å². The Morgan fingerprint density at radius 2 is 1.02 bits per heavy atom. The summed E-state index contributed by atoms with van der Waals surface area (Å²) in [5.41, 5.74) is 8.31. The number of fused-ring (bicyclic) bond motifs is 4. The first-order valence-corrected chi connectivity index (χ1v) is 14.0. The van der Waals surface area contributed by atoms with Crippen molar-refractivity contribution in [2.24, 2.45) is 0 Å². The molecular weight excluding hydrogens is 516 g/mol. The van der Waals surface area contributed by atoms with Crippen molar-refractivity contribution >= 4 is 39.3 Å². The van der Waals surface area contributed by atoms with Crippen LogP contribution in [0.4, 0.5) is 5.69 Å². The molecule has 0 saturated carbocycles. The SMILES string of the molecule is O=C1c2cccc(-n3c4ccccc4c4cccc(-c5ccccc5)c43)c2C(=O)N1c1ccc(-c2ccccc2)cc1. The van der Waals surface area contributed by atoms with Gasteiger partial charge in [0.1, 0.15) is 0 Å². The summed E-state index contributed by atoms with van der Waals surface area (Å²) >= 11 is 0. The van der Waals surface area contributed by atoms with E-state index in [2.05, 4.69) is 47.0 Å². The molecule has 6 aromatic carbocycles. The Kier molecular flexibility index (Phi) is 5.41. The summed E-state index contributed by atoms with van der Waals surface area (Å²) < 4.78 is 2.15. The molecule has 7 aromatic rings. The smallest absolute Gasteiger partial charge is 0.268 e. The fourth-order valence-electron chi connectivity index (χ4n) is 6.24. The lowest BCUT2D eigenvalue weighted by Gasteiger charge is -2.16. The Morgan fingerprint density at radius 1 is 0.429 bits per heavy atom. The first-order chi connectivity index (χ1) is 20.7. The maximum atomic E-state index is 14.2. The van der Waals surface area contributed by atoms with Gasteiger partial charge < -0.3 is 4.57 Å². The van der Waals surface area contributed by atoms with E-state index in [0.29, 0.717) is 22.5 Å². The van der Waals surface area contributed by atoms with Gasteiger partial charge in [-0.2, -0.15) is 0 Å². The summed E-state index contributed by atoms with van der Waals surface area (Å²) in [6.07, 6.45) is 0. The number of para-hydroxylation sites is 2. The highest BCUT2D eigenvalue weighted by atomic mass is 16.2. The Balaban J connectivity index is 1.32. The molecule has 4 heteroatoms. The van der Waals surface area contributed by atoms with Crippen LogP contribution in [0.15, 0.2) is 146 Å². The molecule has 1 aliphatic rings. The van der Waals surface area contributed by atoms with Gasteiger partial charge in [-0.25, -0.2) is 4.90 Å². The number of benzene rings is 6. The Hall–Kier alpha value is -5.74. The van der Waals surface area contributed by atoms with Crippen LogP contribution < -0.4 is 4.90 Å². The van der Waals surface area contributed by atoms with Crippen molar-refractivity contribution in [3.8, 4) is 27.9 Å². The number of nitrogens with zero attached hydrogens (tertiary/aromatic N) is 2. The van der Waals surface area contributed by atoms with Crippen LogP contribution >= 0.6 is 0 Å². The van der Waals surface area contributed by atoms with Crippen molar-refractivity contribution in [1.82, 2.24) is 4.57 Å². The fourth-order valence-corrected chi connectivity index (χ4v) is 6.24. The molecule has 0 radical (unpaired) electrons. The van der Waals surface area contributed by atoms with Gasteiger partial charge in [0.15, 0.2) is 0 Å². The number of carbonyl (C=O) groups excluding carboxylic acids is 2. The van der Waals surface area contributed by atoms with Crippen LogP contribution in [0, 0.1) is 0 Å². The van der Waals surface area contributed by atoms with Crippen molar-refractivity contribution in [2.75, 3.05) is 4.90 Å². The van der Waals surface area contributed by atoms with Crippen molar-refractivity contribution in [2.45, 2.75) is 0 Å². The fraction of sp³-hybridized carbons (Fsp3) is 0. The predicted molar refractivity (Wildman–Crippen MR) is 169 cm³/mol. The van der Waals surface area contributed by atoms with Crippen LogP contribution in [-0.4, -0.2) is 16.4 Å². The maximum absolute atomic E-state index is 14.2. The zero-order valence-corrected chi connectivity index (χ0v) is 22.6. The monoisotopic (exact) mass is 540 g/mol. The highest BCUT2D eigenvalue weighted by Crippen LogP contribution is 2.41. The summed E-state index contributed by atoms with van der Waals surface area (Å²) in [5.74, 6) is -0.630. The van der Waals surface area contributed by atoms with Crippen molar-refractivity contribution < 1.29 is 9.59 Å². The molecule has 1 aromatic heterocycles. The number of anilines is 1. The summed E-state index contributed by atoms with van der Waals surface area (Å²) in [7, 11) is 0. The summed E-state index contributed by atoms with van der Waals surface area (Å²) in [5, 5.41) is 2.18. The quantitative estimate of drug-likeness (QED) is 0.209. The molecule has 1 aliphatic heterocycles. The molecule has 198 valence electrons. The third-order valence-electron chi connectivity index (χ3n) is 8.15. The van der Waals surface area contributed by atoms with Gasteiger partial charge in [-0.3, -0.25) is 9.59 Å². The number of amides is 2. The summed E-state index contributed by atoms with van der Waals surface area (Å²) in [6, 6.07) is 48.0. The van der Waals surface area contributed by atoms with Crippen LogP contribution in [0.25, 0.3) is 49.7 Å². The van der Waals surface area contributed by atoms with Gasteiger partial charge in [-0.05, 0) is 47.0 Å². The molecule has 0 fully saturated rings. The molecule has 0 unspecified atom stereocenters. The van der Waals surface area contributed by atoms with E-state index in [0.717, 1.165) is 44.1 Å². The second-order valence-corrected chi connectivity index (χ2v) is 10.5. The Labute approximate surface area is 242 Å². The van der Waals surface area contributed by atoms with Gasteiger partial charge in [0.05, 0.1) is 33.5 Å². The molecule has 0 saturated heterocycles. The molecule has 0 N–H and O–H groups in total. The van der Waals surface area contributed by atoms with E-state index in [1.165, 1.54) is 4.90 Å². The number of imide groups is 1. The zero-order chi connectivity index (χ0) is 28.2. The molecule has 0 aliphatic carbocycles. The molecule has 2 amide bonds. The third-order valence-corrected chi connectivity index (χ3v) is 8.15. The predicted octanol–water partition coefficient (Wildman–Crippen LogP) is 8.92. The van der Waals surface area contributed by atoms with Gasteiger partial charge in [0, 0.05) is 16.3 Å². The van der Waals surface area contributed by atoms with E-state index in [-0.39, 0.29) is 11.8 Å². The molecular formula is C38H24N2O2. The van der Waals surface area contributed by atoms with E-state index >= 15 is 0 Å². The normalized spacial score (nSPS) is 12.8. The molecule has 4 nitrogen and oxygen atoms in total. The van der Waals surface area contributed by atoms with Crippen LogP contribution in [-0.2, 0) is 0 Å². The summed E-state index contributed by atoms with van der Waals surface area (Å²) in [4.78, 5) is 29.3. The molecule has 2 heterocycles. The maximum Gasteiger partial charge on any atom is 0.268 e. The lowest BCUT2D eigenvalue weighted by Crippen LogP contribution is -2.29. The summed E-state index contributed by atoms with van der Waals surface area (Å²) in [6.45, 7) is 0.